The average Bonchev–Trinajstić information content (AvgIpc) is 3.07. The quantitative estimate of drug-likeness (QED) is 0.614. The van der Waals surface area contributed by atoms with Crippen LogP contribution in [0.5, 0.6) is 0 Å². The standard InChI is InChI=1S/C20H22N4O2S/c1-13(2)24(11-18(21)25)19(26)15-8-4-3-7-14(15)12-27-20-22-16-9-5-6-10-17(16)23-20/h3-10,13H,11-12H2,1-2H3,(H2,21,25)(H,22,23). The van der Waals surface area contributed by atoms with Gasteiger partial charge < -0.3 is 15.6 Å². The normalized spacial score (nSPS) is 11.1. The van der Waals surface area contributed by atoms with Gasteiger partial charge in [0.05, 0.1) is 17.6 Å². The van der Waals surface area contributed by atoms with Crippen LogP contribution in [0.15, 0.2) is 53.7 Å². The lowest BCUT2D eigenvalue weighted by molar-refractivity contribution is -0.119. The van der Waals surface area contributed by atoms with E-state index >= 15 is 0 Å². The third-order valence-electron chi connectivity index (χ3n) is 4.19. The highest BCUT2D eigenvalue weighted by molar-refractivity contribution is 7.98. The van der Waals surface area contributed by atoms with Crippen LogP contribution >= 0.6 is 11.8 Å². The van der Waals surface area contributed by atoms with Crippen molar-refractivity contribution in [3.63, 3.8) is 0 Å². The molecule has 3 aromatic rings. The summed E-state index contributed by atoms with van der Waals surface area (Å²) in [5.41, 5.74) is 8.68. The van der Waals surface area contributed by atoms with Crippen LogP contribution in [0.2, 0.25) is 0 Å². The fraction of sp³-hybridized carbons (Fsp3) is 0.250. The number of carbonyl (C=O) groups excluding carboxylic acids is 2. The van der Waals surface area contributed by atoms with Gasteiger partial charge in [-0.15, -0.1) is 0 Å². The van der Waals surface area contributed by atoms with Gasteiger partial charge in [-0.2, -0.15) is 0 Å². The maximum absolute atomic E-state index is 13.0. The van der Waals surface area contributed by atoms with E-state index in [0.29, 0.717) is 11.3 Å². The lowest BCUT2D eigenvalue weighted by Gasteiger charge is -2.26. The second-order valence-electron chi connectivity index (χ2n) is 6.50. The number of rotatable bonds is 7. The Labute approximate surface area is 162 Å². The molecule has 3 N–H and O–H groups in total. The number of H-pyrrole nitrogens is 1. The van der Waals surface area contributed by atoms with Crippen LogP contribution in [0, 0.1) is 0 Å². The van der Waals surface area contributed by atoms with Crippen LogP contribution in [-0.2, 0) is 10.5 Å². The number of hydrogen-bond donors (Lipinski definition) is 2. The number of carbonyl (C=O) groups is 2. The molecule has 0 spiro atoms. The minimum atomic E-state index is -0.522. The third-order valence-corrected chi connectivity index (χ3v) is 5.11. The number of hydrogen-bond acceptors (Lipinski definition) is 4. The van der Waals surface area contributed by atoms with Crippen LogP contribution < -0.4 is 5.73 Å². The Bertz CT molecular complexity index is 934. The van der Waals surface area contributed by atoms with E-state index in [-0.39, 0.29) is 18.5 Å². The van der Waals surface area contributed by atoms with E-state index in [1.807, 2.05) is 56.3 Å². The molecular weight excluding hydrogens is 360 g/mol. The predicted molar refractivity (Wildman–Crippen MR) is 107 cm³/mol. The Morgan fingerprint density at radius 1 is 1.15 bits per heavy atom. The highest BCUT2D eigenvalue weighted by Gasteiger charge is 2.22. The molecule has 0 bridgehead atoms. The van der Waals surface area contributed by atoms with Crippen molar-refractivity contribution in [1.29, 1.82) is 0 Å². The molecule has 0 saturated heterocycles. The molecule has 3 rings (SSSR count). The largest absolute Gasteiger partial charge is 0.368 e. The average molecular weight is 382 g/mol. The number of thioether (sulfide) groups is 1. The Morgan fingerprint density at radius 2 is 1.85 bits per heavy atom. The first-order valence-electron chi connectivity index (χ1n) is 8.70. The number of amides is 2. The summed E-state index contributed by atoms with van der Waals surface area (Å²) in [6, 6.07) is 15.2. The van der Waals surface area contributed by atoms with Crippen LogP contribution in [0.1, 0.15) is 29.8 Å². The van der Waals surface area contributed by atoms with Gasteiger partial charge in [0.25, 0.3) is 5.91 Å². The number of aromatic amines is 1. The second kappa shape index (κ2) is 8.26. The van der Waals surface area contributed by atoms with Crippen molar-refractivity contribution in [2.75, 3.05) is 6.54 Å². The number of aromatic nitrogens is 2. The van der Waals surface area contributed by atoms with Gasteiger partial charge in [-0.05, 0) is 37.6 Å². The SMILES string of the molecule is CC(C)N(CC(N)=O)C(=O)c1ccccc1CSc1nc2ccccc2[nH]1. The molecule has 140 valence electrons. The van der Waals surface area contributed by atoms with E-state index in [1.165, 1.54) is 16.7 Å². The van der Waals surface area contributed by atoms with E-state index < -0.39 is 5.91 Å². The van der Waals surface area contributed by atoms with Crippen LogP contribution in [0.25, 0.3) is 11.0 Å². The summed E-state index contributed by atoms with van der Waals surface area (Å²) in [5, 5.41) is 0.802. The van der Waals surface area contributed by atoms with Gasteiger partial charge in [0.1, 0.15) is 0 Å². The fourth-order valence-electron chi connectivity index (χ4n) is 2.81. The predicted octanol–water partition coefficient (Wildman–Crippen LogP) is 3.19. The molecule has 0 aliphatic heterocycles. The molecule has 6 nitrogen and oxygen atoms in total. The Kier molecular flexibility index (Phi) is 5.81. The molecule has 1 heterocycles. The van der Waals surface area contributed by atoms with Gasteiger partial charge >= 0.3 is 0 Å². The Hall–Kier alpha value is -2.80. The Balaban J connectivity index is 1.80. The minimum absolute atomic E-state index is 0.0957. The summed E-state index contributed by atoms with van der Waals surface area (Å²) < 4.78 is 0. The van der Waals surface area contributed by atoms with E-state index in [9.17, 15) is 9.59 Å². The van der Waals surface area contributed by atoms with Crippen LogP contribution in [0.3, 0.4) is 0 Å². The molecule has 0 atom stereocenters. The zero-order valence-corrected chi connectivity index (χ0v) is 16.1. The first-order chi connectivity index (χ1) is 13.0. The van der Waals surface area contributed by atoms with E-state index in [0.717, 1.165) is 21.8 Å². The van der Waals surface area contributed by atoms with Crippen molar-refractivity contribution in [3.8, 4) is 0 Å². The summed E-state index contributed by atoms with van der Waals surface area (Å²) in [4.78, 5) is 33.6. The number of nitrogens with one attached hydrogen (secondary N) is 1. The Morgan fingerprint density at radius 3 is 2.56 bits per heavy atom. The van der Waals surface area contributed by atoms with Gasteiger partial charge in [0.2, 0.25) is 5.91 Å². The van der Waals surface area contributed by atoms with Crippen molar-refractivity contribution >= 4 is 34.6 Å². The van der Waals surface area contributed by atoms with Crippen molar-refractivity contribution in [1.82, 2.24) is 14.9 Å². The first kappa shape index (κ1) is 19.0. The summed E-state index contributed by atoms with van der Waals surface area (Å²) in [6.45, 7) is 3.64. The van der Waals surface area contributed by atoms with E-state index in [2.05, 4.69) is 9.97 Å². The van der Waals surface area contributed by atoms with Crippen molar-refractivity contribution in [2.24, 2.45) is 5.73 Å². The highest BCUT2D eigenvalue weighted by atomic mass is 32.2. The van der Waals surface area contributed by atoms with Crippen molar-refractivity contribution < 1.29 is 9.59 Å². The molecule has 0 aliphatic rings. The minimum Gasteiger partial charge on any atom is -0.368 e. The maximum Gasteiger partial charge on any atom is 0.254 e. The summed E-state index contributed by atoms with van der Waals surface area (Å²) >= 11 is 1.54. The molecule has 2 aromatic carbocycles. The van der Waals surface area contributed by atoms with Crippen LogP contribution in [0.4, 0.5) is 0 Å². The fourth-order valence-corrected chi connectivity index (χ4v) is 3.70. The number of para-hydroxylation sites is 2. The summed E-state index contributed by atoms with van der Waals surface area (Å²) in [6.07, 6.45) is 0. The van der Waals surface area contributed by atoms with Gasteiger partial charge in [0.15, 0.2) is 5.16 Å². The van der Waals surface area contributed by atoms with Gasteiger partial charge in [-0.1, -0.05) is 42.1 Å². The molecular formula is C20H22N4O2S. The molecule has 0 fully saturated rings. The zero-order chi connectivity index (χ0) is 19.4. The van der Waals surface area contributed by atoms with E-state index in [1.54, 1.807) is 6.07 Å². The highest BCUT2D eigenvalue weighted by Crippen LogP contribution is 2.25. The topological polar surface area (TPSA) is 92.1 Å². The van der Waals surface area contributed by atoms with Crippen molar-refractivity contribution in [2.45, 2.75) is 30.8 Å². The molecule has 2 amide bonds. The van der Waals surface area contributed by atoms with Gasteiger partial charge in [-0.3, -0.25) is 9.59 Å². The molecule has 7 heteroatoms. The molecule has 1 aromatic heterocycles. The molecule has 0 aliphatic carbocycles. The van der Waals surface area contributed by atoms with Crippen LogP contribution in [-0.4, -0.2) is 39.3 Å². The first-order valence-corrected chi connectivity index (χ1v) is 9.69. The second-order valence-corrected chi connectivity index (χ2v) is 7.46. The van der Waals surface area contributed by atoms with E-state index in [4.69, 9.17) is 5.73 Å². The number of nitrogens with two attached hydrogens (primary N) is 1. The molecule has 0 saturated carbocycles. The number of imidazole rings is 1. The number of primary amides is 1. The van der Waals surface area contributed by atoms with Gasteiger partial charge in [-0.25, -0.2) is 4.98 Å². The lowest BCUT2D eigenvalue weighted by atomic mass is 10.1. The number of fused-ring (bicyclic) bond motifs is 1. The number of nitrogens with zero attached hydrogens (tertiary/aromatic N) is 2. The maximum atomic E-state index is 13.0. The molecule has 27 heavy (non-hydrogen) atoms. The van der Waals surface area contributed by atoms with Crippen molar-refractivity contribution in [3.05, 3.63) is 59.7 Å². The molecule has 0 unspecified atom stereocenters. The smallest absolute Gasteiger partial charge is 0.254 e. The van der Waals surface area contributed by atoms with Gasteiger partial charge in [0, 0.05) is 17.4 Å². The monoisotopic (exact) mass is 382 g/mol. The summed E-state index contributed by atoms with van der Waals surface area (Å²) in [5.74, 6) is -0.125. The lowest BCUT2D eigenvalue weighted by Crippen LogP contribution is -2.43. The summed E-state index contributed by atoms with van der Waals surface area (Å²) in [7, 11) is 0. The zero-order valence-electron chi connectivity index (χ0n) is 15.3. The third kappa shape index (κ3) is 4.49. The molecule has 0 radical (unpaired) electrons. The number of benzene rings is 2.